The van der Waals surface area contributed by atoms with E-state index in [1.165, 1.54) is 48.5 Å². The zero-order chi connectivity index (χ0) is 22.6. The molecule has 0 saturated heterocycles. The molecule has 0 aliphatic carbocycles. The van der Waals surface area contributed by atoms with Gasteiger partial charge in [0.1, 0.15) is 34.9 Å². The summed E-state index contributed by atoms with van der Waals surface area (Å²) in [6, 6.07) is 13.7. The number of nitrogens with zero attached hydrogens (tertiary/aromatic N) is 1. The van der Waals surface area contributed by atoms with Crippen LogP contribution in [0.2, 0.25) is 0 Å². The number of benzene rings is 4. The number of rotatable bonds is 2. The van der Waals surface area contributed by atoms with Crippen LogP contribution in [-0.2, 0) is 0 Å². The average Bonchev–Trinajstić information content (AvgIpc) is 2.74. The Labute approximate surface area is 177 Å². The van der Waals surface area contributed by atoms with Crippen molar-refractivity contribution in [2.75, 3.05) is 0 Å². The molecule has 0 atom stereocenters. The molecule has 0 unspecified atom stereocenters. The van der Waals surface area contributed by atoms with Gasteiger partial charge in [-0.2, -0.15) is 4.57 Å². The van der Waals surface area contributed by atoms with E-state index in [-0.39, 0.29) is 16.3 Å². The first kappa shape index (κ1) is 20.1. The zero-order valence-corrected chi connectivity index (χ0v) is 16.1. The maximum Gasteiger partial charge on any atom is 0.219 e. The standard InChI is InChI=1S/C25H12F6N/c26-13-1-5-17(6-2-13)32-22-7-3-14(27)9-18(22)24(19-10-15(28)4-8-23(19)32)25-20(30)11-16(29)12-21(25)31/h1-12H/q+1. The summed E-state index contributed by atoms with van der Waals surface area (Å²) in [7, 11) is 0. The fraction of sp³-hybridized carbons (Fsp3) is 0. The molecule has 1 aromatic heterocycles. The van der Waals surface area contributed by atoms with E-state index in [0.29, 0.717) is 28.9 Å². The third-order valence-electron chi connectivity index (χ3n) is 5.28. The molecule has 0 fully saturated rings. The van der Waals surface area contributed by atoms with E-state index in [2.05, 4.69) is 0 Å². The number of hydrogen-bond donors (Lipinski definition) is 0. The van der Waals surface area contributed by atoms with Gasteiger partial charge in [-0.1, -0.05) is 0 Å². The van der Waals surface area contributed by atoms with Crippen LogP contribution in [0.1, 0.15) is 0 Å². The Bertz CT molecular complexity index is 1440. The second kappa shape index (κ2) is 7.37. The highest BCUT2D eigenvalue weighted by molar-refractivity contribution is 6.07. The highest BCUT2D eigenvalue weighted by atomic mass is 19.2. The largest absolute Gasteiger partial charge is 0.219 e. The van der Waals surface area contributed by atoms with Crippen molar-refractivity contribution in [2.24, 2.45) is 0 Å². The molecule has 7 heteroatoms. The molecular weight excluding hydrogens is 428 g/mol. The SMILES string of the molecule is Fc1ccc(-[n+]2c3ccc(F)cc3c(-c3c(F)cc(F)cc3F)c3cc(F)ccc32)cc1. The lowest BCUT2D eigenvalue weighted by Gasteiger charge is -2.14. The molecule has 1 nitrogen and oxygen atoms in total. The molecular formula is C25H12F6N+. The van der Waals surface area contributed by atoms with Gasteiger partial charge in [0.15, 0.2) is 0 Å². The minimum atomic E-state index is -1.21. The molecule has 0 aliphatic heterocycles. The minimum Gasteiger partial charge on any atom is -0.207 e. The molecule has 5 aromatic rings. The summed E-state index contributed by atoms with van der Waals surface area (Å²) in [6.45, 7) is 0. The van der Waals surface area contributed by atoms with Crippen LogP contribution in [0.4, 0.5) is 26.3 Å². The van der Waals surface area contributed by atoms with Crippen molar-refractivity contribution < 1.29 is 30.9 Å². The zero-order valence-electron chi connectivity index (χ0n) is 16.1. The fourth-order valence-electron chi connectivity index (χ4n) is 4.00. The Morgan fingerprint density at radius 2 is 0.906 bits per heavy atom. The summed E-state index contributed by atoms with van der Waals surface area (Å²) in [5, 5.41) is 0.133. The normalized spacial score (nSPS) is 11.4. The van der Waals surface area contributed by atoms with Crippen LogP contribution in [0.5, 0.6) is 0 Å². The second-order valence-electron chi connectivity index (χ2n) is 7.25. The lowest BCUT2D eigenvalue weighted by atomic mass is 9.94. The van der Waals surface area contributed by atoms with Gasteiger partial charge in [0.2, 0.25) is 16.7 Å². The first-order valence-electron chi connectivity index (χ1n) is 9.51. The highest BCUT2D eigenvalue weighted by Gasteiger charge is 2.27. The van der Waals surface area contributed by atoms with Crippen molar-refractivity contribution in [1.29, 1.82) is 0 Å². The maximum atomic E-state index is 14.8. The van der Waals surface area contributed by atoms with Gasteiger partial charge in [0.25, 0.3) is 0 Å². The van der Waals surface area contributed by atoms with Crippen LogP contribution in [-0.4, -0.2) is 0 Å². The van der Waals surface area contributed by atoms with Gasteiger partial charge in [-0.05, 0) is 36.4 Å². The molecule has 0 saturated carbocycles. The van der Waals surface area contributed by atoms with Gasteiger partial charge in [-0.15, -0.1) is 0 Å². The smallest absolute Gasteiger partial charge is 0.207 e. The summed E-state index contributed by atoms with van der Waals surface area (Å²) < 4.78 is 86.9. The van der Waals surface area contributed by atoms with Crippen molar-refractivity contribution in [2.45, 2.75) is 0 Å². The maximum absolute atomic E-state index is 14.8. The van der Waals surface area contributed by atoms with Crippen LogP contribution in [0, 0.1) is 34.9 Å². The molecule has 32 heavy (non-hydrogen) atoms. The van der Waals surface area contributed by atoms with Gasteiger partial charge in [0, 0.05) is 42.0 Å². The summed E-state index contributed by atoms with van der Waals surface area (Å²) in [4.78, 5) is 0. The quantitative estimate of drug-likeness (QED) is 0.162. The second-order valence-corrected chi connectivity index (χ2v) is 7.25. The van der Waals surface area contributed by atoms with Gasteiger partial charge >= 0.3 is 0 Å². The number of aromatic nitrogens is 1. The predicted molar refractivity (Wildman–Crippen MR) is 108 cm³/mol. The van der Waals surface area contributed by atoms with Crippen LogP contribution in [0.25, 0.3) is 38.6 Å². The average molecular weight is 440 g/mol. The van der Waals surface area contributed by atoms with Crippen LogP contribution < -0.4 is 4.57 Å². The Balaban J connectivity index is 2.04. The molecule has 0 N–H and O–H groups in total. The van der Waals surface area contributed by atoms with E-state index >= 15 is 0 Å². The van der Waals surface area contributed by atoms with Gasteiger partial charge in [-0.3, -0.25) is 0 Å². The molecule has 5 rings (SSSR count). The molecule has 0 bridgehead atoms. The van der Waals surface area contributed by atoms with E-state index in [0.717, 1.165) is 12.1 Å². The predicted octanol–water partition coefficient (Wildman–Crippen LogP) is 6.77. The molecule has 4 aromatic carbocycles. The molecule has 0 amide bonds. The number of hydrogen-bond acceptors (Lipinski definition) is 0. The number of fused-ring (bicyclic) bond motifs is 2. The Morgan fingerprint density at radius 3 is 1.41 bits per heavy atom. The third kappa shape index (κ3) is 3.17. The van der Waals surface area contributed by atoms with Crippen LogP contribution in [0.15, 0.2) is 72.8 Å². The summed E-state index contributed by atoms with van der Waals surface area (Å²) in [5.74, 6) is -5.40. The number of halogens is 6. The van der Waals surface area contributed by atoms with E-state index in [4.69, 9.17) is 0 Å². The third-order valence-corrected chi connectivity index (χ3v) is 5.28. The van der Waals surface area contributed by atoms with E-state index < -0.39 is 40.5 Å². The van der Waals surface area contributed by atoms with Crippen molar-refractivity contribution >= 4 is 21.8 Å². The van der Waals surface area contributed by atoms with E-state index in [1.807, 2.05) is 0 Å². The van der Waals surface area contributed by atoms with Gasteiger partial charge in [0.05, 0.1) is 16.3 Å². The van der Waals surface area contributed by atoms with Crippen LogP contribution in [0.3, 0.4) is 0 Å². The lowest BCUT2D eigenvalue weighted by Crippen LogP contribution is -2.33. The minimum absolute atomic E-state index is 0.0665. The molecule has 0 spiro atoms. The van der Waals surface area contributed by atoms with Crippen LogP contribution >= 0.6 is 0 Å². The molecule has 0 radical (unpaired) electrons. The van der Waals surface area contributed by atoms with Crippen molar-refractivity contribution in [3.63, 3.8) is 0 Å². The summed E-state index contributed by atoms with van der Waals surface area (Å²) in [6.07, 6.45) is 0. The Hall–Kier alpha value is -3.87. The molecule has 158 valence electrons. The summed E-state index contributed by atoms with van der Waals surface area (Å²) >= 11 is 0. The van der Waals surface area contributed by atoms with Gasteiger partial charge in [-0.25, -0.2) is 26.3 Å². The van der Waals surface area contributed by atoms with Crippen molar-refractivity contribution in [3.05, 3.63) is 108 Å². The molecule has 1 heterocycles. The van der Waals surface area contributed by atoms with Crippen molar-refractivity contribution in [3.8, 4) is 16.8 Å². The van der Waals surface area contributed by atoms with Crippen molar-refractivity contribution in [1.82, 2.24) is 0 Å². The Kier molecular flexibility index (Phi) is 4.62. The summed E-state index contributed by atoms with van der Waals surface area (Å²) in [5.41, 5.74) is 0.392. The lowest BCUT2D eigenvalue weighted by molar-refractivity contribution is -0.538. The van der Waals surface area contributed by atoms with Gasteiger partial charge < -0.3 is 0 Å². The molecule has 0 aliphatic rings. The highest BCUT2D eigenvalue weighted by Crippen LogP contribution is 2.38. The first-order chi connectivity index (χ1) is 15.3. The van der Waals surface area contributed by atoms with E-state index in [9.17, 15) is 26.3 Å². The first-order valence-corrected chi connectivity index (χ1v) is 9.51. The monoisotopic (exact) mass is 440 g/mol. The fourth-order valence-corrected chi connectivity index (χ4v) is 4.00. The topological polar surface area (TPSA) is 3.88 Å². The van der Waals surface area contributed by atoms with E-state index in [1.54, 1.807) is 4.57 Å². The Morgan fingerprint density at radius 1 is 0.438 bits per heavy atom. The number of pyridine rings is 1.